The second kappa shape index (κ2) is 8.53. The first-order valence-electron chi connectivity index (χ1n) is 7.12. The molecule has 0 saturated heterocycles. The molecule has 0 heterocycles. The molecular formula is C17H9Cl3F3N3O. The Kier molecular flexibility index (Phi) is 6.60. The Morgan fingerprint density at radius 1 is 1.07 bits per heavy atom. The highest BCUT2D eigenvalue weighted by Gasteiger charge is 2.33. The Labute approximate surface area is 167 Å². The molecule has 0 aromatic heterocycles. The number of amides is 1. The molecule has 4 nitrogen and oxygen atoms in total. The van der Waals surface area contributed by atoms with E-state index in [0.717, 1.165) is 18.3 Å². The first kappa shape index (κ1) is 20.9. The first-order chi connectivity index (χ1) is 12.6. The molecule has 1 amide bonds. The van der Waals surface area contributed by atoms with Gasteiger partial charge in [0.15, 0.2) is 0 Å². The van der Waals surface area contributed by atoms with E-state index in [1.54, 1.807) is 6.07 Å². The average Bonchev–Trinajstić information content (AvgIpc) is 2.59. The number of nitriles is 1. The SMILES string of the molecule is N#C/C(=C/Nc1ccc(Cl)c(C(F)(F)F)c1)C(=O)Nc1cc(Cl)ccc1Cl. The summed E-state index contributed by atoms with van der Waals surface area (Å²) in [4.78, 5) is 12.2. The lowest BCUT2D eigenvalue weighted by atomic mass is 10.2. The Hall–Kier alpha value is -2.40. The second-order valence-corrected chi connectivity index (χ2v) is 6.34. The third kappa shape index (κ3) is 5.54. The van der Waals surface area contributed by atoms with Crippen molar-refractivity contribution in [3.63, 3.8) is 0 Å². The molecule has 0 saturated carbocycles. The van der Waals surface area contributed by atoms with E-state index in [9.17, 15) is 18.0 Å². The first-order valence-corrected chi connectivity index (χ1v) is 8.25. The number of carbonyl (C=O) groups is 1. The summed E-state index contributed by atoms with van der Waals surface area (Å²) in [5.74, 6) is -0.820. The average molecular weight is 435 g/mol. The Balaban J connectivity index is 2.20. The number of nitrogens with one attached hydrogen (secondary N) is 2. The molecule has 2 N–H and O–H groups in total. The van der Waals surface area contributed by atoms with Crippen LogP contribution < -0.4 is 10.6 Å². The highest BCUT2D eigenvalue weighted by molar-refractivity contribution is 6.36. The summed E-state index contributed by atoms with van der Waals surface area (Å²) >= 11 is 17.3. The van der Waals surface area contributed by atoms with Crippen LogP contribution in [0.5, 0.6) is 0 Å². The molecule has 0 fully saturated rings. The van der Waals surface area contributed by atoms with Gasteiger partial charge < -0.3 is 10.6 Å². The van der Waals surface area contributed by atoms with E-state index in [-0.39, 0.29) is 16.4 Å². The molecule has 0 aliphatic carbocycles. The maximum Gasteiger partial charge on any atom is 0.417 e. The predicted molar refractivity (Wildman–Crippen MR) is 98.9 cm³/mol. The maximum atomic E-state index is 12.9. The predicted octanol–water partition coefficient (Wildman–Crippen LogP) is 6.12. The Morgan fingerprint density at radius 3 is 2.37 bits per heavy atom. The van der Waals surface area contributed by atoms with Crippen LogP contribution in [0, 0.1) is 11.3 Å². The quantitative estimate of drug-likeness (QED) is 0.450. The number of halogens is 6. The van der Waals surface area contributed by atoms with Gasteiger partial charge in [-0.15, -0.1) is 0 Å². The zero-order chi connectivity index (χ0) is 20.2. The summed E-state index contributed by atoms with van der Waals surface area (Å²) in [6, 6.07) is 9.10. The third-order valence-electron chi connectivity index (χ3n) is 3.20. The molecular weight excluding hydrogens is 426 g/mol. The molecule has 0 spiro atoms. The van der Waals surface area contributed by atoms with E-state index in [2.05, 4.69) is 10.6 Å². The zero-order valence-corrected chi connectivity index (χ0v) is 15.4. The summed E-state index contributed by atoms with van der Waals surface area (Å²) in [6.45, 7) is 0. The molecule has 140 valence electrons. The number of carbonyl (C=O) groups excluding carboxylic acids is 1. The van der Waals surface area contributed by atoms with Gasteiger partial charge in [0.05, 0.1) is 21.3 Å². The monoisotopic (exact) mass is 433 g/mol. The van der Waals surface area contributed by atoms with Gasteiger partial charge in [-0.25, -0.2) is 0 Å². The number of rotatable bonds is 4. The number of alkyl halides is 3. The summed E-state index contributed by atoms with van der Waals surface area (Å²) in [5.41, 5.74) is -1.26. The number of anilines is 2. The summed E-state index contributed by atoms with van der Waals surface area (Å²) < 4.78 is 38.6. The number of nitrogens with zero attached hydrogens (tertiary/aromatic N) is 1. The fraction of sp³-hybridized carbons (Fsp3) is 0.0588. The molecule has 0 aliphatic heterocycles. The summed E-state index contributed by atoms with van der Waals surface area (Å²) in [6.07, 6.45) is -3.67. The van der Waals surface area contributed by atoms with E-state index in [1.807, 2.05) is 0 Å². The lowest BCUT2D eigenvalue weighted by Gasteiger charge is -2.11. The van der Waals surface area contributed by atoms with Crippen LogP contribution in [0.3, 0.4) is 0 Å². The number of hydrogen-bond donors (Lipinski definition) is 2. The van der Waals surface area contributed by atoms with Crippen molar-refractivity contribution in [1.82, 2.24) is 0 Å². The molecule has 27 heavy (non-hydrogen) atoms. The number of benzene rings is 2. The van der Waals surface area contributed by atoms with Gasteiger partial charge in [0, 0.05) is 16.9 Å². The van der Waals surface area contributed by atoms with Gasteiger partial charge in [-0.3, -0.25) is 4.79 Å². The van der Waals surface area contributed by atoms with Crippen molar-refractivity contribution in [1.29, 1.82) is 5.26 Å². The van der Waals surface area contributed by atoms with E-state index in [1.165, 1.54) is 24.3 Å². The van der Waals surface area contributed by atoms with Crippen molar-refractivity contribution >= 4 is 52.1 Å². The topological polar surface area (TPSA) is 64.9 Å². The molecule has 0 atom stereocenters. The van der Waals surface area contributed by atoms with Crippen LogP contribution in [0.4, 0.5) is 24.5 Å². The van der Waals surface area contributed by atoms with Gasteiger partial charge in [0.1, 0.15) is 11.6 Å². The normalized spacial score (nSPS) is 11.7. The minimum atomic E-state index is -4.64. The molecule has 0 aliphatic rings. The highest BCUT2D eigenvalue weighted by atomic mass is 35.5. The van der Waals surface area contributed by atoms with Crippen molar-refractivity contribution in [3.05, 3.63) is 68.8 Å². The fourth-order valence-electron chi connectivity index (χ4n) is 1.92. The lowest BCUT2D eigenvalue weighted by molar-refractivity contribution is -0.137. The molecule has 2 rings (SSSR count). The van der Waals surface area contributed by atoms with Gasteiger partial charge in [-0.05, 0) is 36.4 Å². The molecule has 0 bridgehead atoms. The Bertz CT molecular complexity index is 953. The van der Waals surface area contributed by atoms with Crippen molar-refractivity contribution in [2.45, 2.75) is 6.18 Å². The third-order valence-corrected chi connectivity index (χ3v) is 4.09. The summed E-state index contributed by atoms with van der Waals surface area (Å²) in [7, 11) is 0. The minimum absolute atomic E-state index is 0.00642. The van der Waals surface area contributed by atoms with Gasteiger partial charge in [0.25, 0.3) is 5.91 Å². The zero-order valence-electron chi connectivity index (χ0n) is 13.2. The van der Waals surface area contributed by atoms with Crippen LogP contribution >= 0.6 is 34.8 Å². The molecule has 2 aromatic rings. The van der Waals surface area contributed by atoms with Gasteiger partial charge in [-0.1, -0.05) is 34.8 Å². The Morgan fingerprint density at radius 2 is 1.74 bits per heavy atom. The van der Waals surface area contributed by atoms with Crippen molar-refractivity contribution < 1.29 is 18.0 Å². The van der Waals surface area contributed by atoms with Crippen LogP contribution in [0.15, 0.2) is 48.2 Å². The van der Waals surface area contributed by atoms with Gasteiger partial charge in [-0.2, -0.15) is 18.4 Å². The van der Waals surface area contributed by atoms with Gasteiger partial charge in [0.2, 0.25) is 0 Å². The highest BCUT2D eigenvalue weighted by Crippen LogP contribution is 2.36. The van der Waals surface area contributed by atoms with Crippen LogP contribution in [-0.4, -0.2) is 5.91 Å². The molecule has 0 radical (unpaired) electrons. The minimum Gasteiger partial charge on any atom is -0.360 e. The fourth-order valence-corrected chi connectivity index (χ4v) is 2.48. The van der Waals surface area contributed by atoms with E-state index in [0.29, 0.717) is 5.02 Å². The van der Waals surface area contributed by atoms with Crippen molar-refractivity contribution in [2.24, 2.45) is 0 Å². The maximum absolute atomic E-state index is 12.9. The van der Waals surface area contributed by atoms with Gasteiger partial charge >= 0.3 is 6.18 Å². The molecule has 2 aromatic carbocycles. The smallest absolute Gasteiger partial charge is 0.360 e. The summed E-state index contributed by atoms with van der Waals surface area (Å²) in [5, 5.41) is 14.0. The largest absolute Gasteiger partial charge is 0.417 e. The molecule has 10 heteroatoms. The van der Waals surface area contributed by atoms with Crippen LogP contribution in [0.1, 0.15) is 5.56 Å². The van der Waals surface area contributed by atoms with Crippen LogP contribution in [-0.2, 0) is 11.0 Å². The van der Waals surface area contributed by atoms with Crippen molar-refractivity contribution in [3.8, 4) is 6.07 Å². The van der Waals surface area contributed by atoms with Crippen molar-refractivity contribution in [2.75, 3.05) is 10.6 Å². The number of hydrogen-bond acceptors (Lipinski definition) is 3. The van der Waals surface area contributed by atoms with E-state index < -0.39 is 28.2 Å². The molecule has 0 unspecified atom stereocenters. The van der Waals surface area contributed by atoms with E-state index >= 15 is 0 Å². The van der Waals surface area contributed by atoms with Crippen LogP contribution in [0.2, 0.25) is 15.1 Å². The second-order valence-electron chi connectivity index (χ2n) is 5.08. The standard InChI is InChI=1S/C17H9Cl3F3N3O/c18-10-1-3-14(20)15(5-10)26-16(27)9(7-24)8-25-11-2-4-13(19)12(6-11)17(21,22)23/h1-6,8,25H,(H,26,27)/b9-8-. The van der Waals surface area contributed by atoms with Crippen LogP contribution in [0.25, 0.3) is 0 Å². The van der Waals surface area contributed by atoms with E-state index in [4.69, 9.17) is 40.1 Å². The lowest BCUT2D eigenvalue weighted by Crippen LogP contribution is -2.15.